The van der Waals surface area contributed by atoms with Crippen molar-refractivity contribution in [3.8, 4) is 0 Å². The first-order valence-corrected chi connectivity index (χ1v) is 12.1. The van der Waals surface area contributed by atoms with Crippen LogP contribution in [-0.2, 0) is 16.1 Å². The zero-order valence-electron chi connectivity index (χ0n) is 18.5. The number of thiocarbonyl (C=S) groups is 1. The zero-order chi connectivity index (χ0) is 23.3. The number of benzene rings is 2. The number of hydrogen-bond donors (Lipinski definition) is 0. The van der Waals surface area contributed by atoms with E-state index in [-0.39, 0.29) is 17.4 Å². The van der Waals surface area contributed by atoms with E-state index in [0.717, 1.165) is 11.1 Å². The van der Waals surface area contributed by atoms with Gasteiger partial charge in [0.1, 0.15) is 4.32 Å². The summed E-state index contributed by atoms with van der Waals surface area (Å²) < 4.78 is 0.512. The van der Waals surface area contributed by atoms with Gasteiger partial charge in [-0.15, -0.1) is 0 Å². The zero-order valence-corrected chi connectivity index (χ0v) is 20.9. The Labute approximate surface area is 204 Å². The molecular weight excluding hydrogens is 460 g/mol. The molecule has 0 spiro atoms. The normalized spacial score (nSPS) is 15.5. The smallest absolute Gasteiger partial charge is 0.266 e. The minimum absolute atomic E-state index is 0.0680. The average Bonchev–Trinajstić information content (AvgIpc) is 3.01. The molecule has 0 unspecified atom stereocenters. The number of hydrogen-bond acceptors (Lipinski definition) is 4. The lowest BCUT2D eigenvalue weighted by molar-refractivity contribution is -0.137. The lowest BCUT2D eigenvalue weighted by Gasteiger charge is -2.36. The summed E-state index contributed by atoms with van der Waals surface area (Å²) >= 11 is 12.9. The first kappa shape index (κ1) is 24.5. The standard InChI is InChI=1S/C25H27ClN2O2S2/c1-25(2,3)28(17-18-10-5-4-6-11-18)22(29)14-9-15-27-23(30)21(32-24(27)31)16-19-12-7-8-13-20(19)26/h4-8,10-13,16H,9,14-15,17H2,1-3H3/b21-16-. The van der Waals surface area contributed by atoms with Crippen LogP contribution in [0.15, 0.2) is 59.5 Å². The number of thioether (sulfide) groups is 1. The third kappa shape index (κ3) is 6.21. The Morgan fingerprint density at radius 2 is 1.78 bits per heavy atom. The van der Waals surface area contributed by atoms with E-state index >= 15 is 0 Å². The molecule has 4 nitrogen and oxygen atoms in total. The monoisotopic (exact) mass is 486 g/mol. The Morgan fingerprint density at radius 3 is 2.44 bits per heavy atom. The fraction of sp³-hybridized carbons (Fsp3) is 0.320. The van der Waals surface area contributed by atoms with Gasteiger partial charge in [-0.2, -0.15) is 0 Å². The van der Waals surface area contributed by atoms with Gasteiger partial charge in [0, 0.05) is 30.1 Å². The van der Waals surface area contributed by atoms with Crippen LogP contribution in [0.5, 0.6) is 0 Å². The molecule has 0 aliphatic carbocycles. The number of carbonyl (C=O) groups excluding carboxylic acids is 2. The van der Waals surface area contributed by atoms with Gasteiger partial charge in [-0.05, 0) is 50.5 Å². The van der Waals surface area contributed by atoms with Gasteiger partial charge in [0.15, 0.2) is 0 Å². The van der Waals surface area contributed by atoms with Crippen LogP contribution in [0, 0.1) is 0 Å². The second-order valence-corrected chi connectivity index (χ2v) is 10.7. The molecule has 0 atom stereocenters. The van der Waals surface area contributed by atoms with Crippen molar-refractivity contribution in [2.75, 3.05) is 6.54 Å². The van der Waals surface area contributed by atoms with E-state index in [4.69, 9.17) is 23.8 Å². The van der Waals surface area contributed by atoms with Crippen molar-refractivity contribution in [2.24, 2.45) is 0 Å². The molecule has 0 aromatic heterocycles. The van der Waals surface area contributed by atoms with Gasteiger partial charge in [-0.1, -0.05) is 84.1 Å². The van der Waals surface area contributed by atoms with Crippen LogP contribution in [0.3, 0.4) is 0 Å². The van der Waals surface area contributed by atoms with Crippen molar-refractivity contribution in [1.82, 2.24) is 9.80 Å². The van der Waals surface area contributed by atoms with Crippen molar-refractivity contribution in [3.05, 3.63) is 75.7 Å². The van der Waals surface area contributed by atoms with Crippen LogP contribution in [0.4, 0.5) is 0 Å². The Balaban J connectivity index is 1.61. The number of nitrogens with zero attached hydrogens (tertiary/aromatic N) is 2. The van der Waals surface area contributed by atoms with E-state index in [0.29, 0.717) is 40.2 Å². The number of rotatable bonds is 7. The van der Waals surface area contributed by atoms with Gasteiger partial charge in [0.25, 0.3) is 5.91 Å². The summed E-state index contributed by atoms with van der Waals surface area (Å²) in [4.78, 5) is 29.9. The summed E-state index contributed by atoms with van der Waals surface area (Å²) in [6, 6.07) is 17.3. The average molecular weight is 487 g/mol. The summed E-state index contributed by atoms with van der Waals surface area (Å²) in [5, 5.41) is 0.587. The van der Waals surface area contributed by atoms with Gasteiger partial charge in [-0.3, -0.25) is 14.5 Å². The van der Waals surface area contributed by atoms with Crippen LogP contribution < -0.4 is 0 Å². The highest BCUT2D eigenvalue weighted by atomic mass is 35.5. The van der Waals surface area contributed by atoms with E-state index in [2.05, 4.69) is 0 Å². The molecular formula is C25H27ClN2O2S2. The fourth-order valence-corrected chi connectivity index (χ4v) is 4.90. The number of halogens is 1. The van der Waals surface area contributed by atoms with Crippen LogP contribution >= 0.6 is 35.6 Å². The SMILES string of the molecule is CC(C)(C)N(Cc1ccccc1)C(=O)CCCN1C(=O)/C(=C/c2ccccc2Cl)SC1=S. The van der Waals surface area contributed by atoms with E-state index in [1.807, 2.05) is 74.2 Å². The van der Waals surface area contributed by atoms with E-state index in [1.54, 1.807) is 17.0 Å². The lowest BCUT2D eigenvalue weighted by Crippen LogP contribution is -2.45. The van der Waals surface area contributed by atoms with Crippen LogP contribution in [0.2, 0.25) is 5.02 Å². The van der Waals surface area contributed by atoms with Gasteiger partial charge in [0.05, 0.1) is 4.91 Å². The number of carbonyl (C=O) groups is 2. The molecule has 168 valence electrons. The Bertz CT molecular complexity index is 1030. The van der Waals surface area contributed by atoms with Crippen molar-refractivity contribution in [3.63, 3.8) is 0 Å². The van der Waals surface area contributed by atoms with E-state index in [1.165, 1.54) is 11.8 Å². The highest BCUT2D eigenvalue weighted by Crippen LogP contribution is 2.34. The summed E-state index contributed by atoms with van der Waals surface area (Å²) in [5.41, 5.74) is 1.58. The molecule has 2 aromatic carbocycles. The Morgan fingerprint density at radius 1 is 1.12 bits per heavy atom. The number of amides is 2. The summed E-state index contributed by atoms with van der Waals surface area (Å²) in [6.07, 6.45) is 2.67. The molecule has 1 aliphatic heterocycles. The topological polar surface area (TPSA) is 40.6 Å². The van der Waals surface area contributed by atoms with Crippen LogP contribution in [-0.4, -0.2) is 38.0 Å². The second-order valence-electron chi connectivity index (χ2n) is 8.59. The lowest BCUT2D eigenvalue weighted by atomic mass is 10.0. The van der Waals surface area contributed by atoms with Crippen LogP contribution in [0.25, 0.3) is 6.08 Å². The quantitative estimate of drug-likeness (QED) is 0.347. The molecule has 7 heteroatoms. The first-order valence-electron chi connectivity index (χ1n) is 10.5. The van der Waals surface area contributed by atoms with Crippen LogP contribution in [0.1, 0.15) is 44.7 Å². The minimum Gasteiger partial charge on any atom is -0.334 e. The van der Waals surface area contributed by atoms with Crippen molar-refractivity contribution >= 4 is 57.8 Å². The largest absolute Gasteiger partial charge is 0.334 e. The van der Waals surface area contributed by atoms with E-state index < -0.39 is 0 Å². The molecule has 1 aliphatic rings. The summed E-state index contributed by atoms with van der Waals surface area (Å²) in [6.45, 7) is 7.09. The maximum atomic E-state index is 13.0. The van der Waals surface area contributed by atoms with Gasteiger partial charge < -0.3 is 4.90 Å². The molecule has 0 N–H and O–H groups in total. The Kier molecular flexibility index (Phi) is 8.15. The van der Waals surface area contributed by atoms with E-state index in [9.17, 15) is 9.59 Å². The summed E-state index contributed by atoms with van der Waals surface area (Å²) in [7, 11) is 0. The summed E-state index contributed by atoms with van der Waals surface area (Å²) in [5.74, 6) is -0.0669. The molecule has 0 radical (unpaired) electrons. The van der Waals surface area contributed by atoms with Gasteiger partial charge >= 0.3 is 0 Å². The first-order chi connectivity index (χ1) is 15.2. The third-order valence-corrected chi connectivity index (χ3v) is 6.85. The highest BCUT2D eigenvalue weighted by molar-refractivity contribution is 8.26. The predicted octanol–water partition coefficient (Wildman–Crippen LogP) is 6.15. The third-order valence-electron chi connectivity index (χ3n) is 5.13. The molecule has 32 heavy (non-hydrogen) atoms. The maximum Gasteiger partial charge on any atom is 0.266 e. The predicted molar refractivity (Wildman–Crippen MR) is 137 cm³/mol. The minimum atomic E-state index is -0.299. The van der Waals surface area contributed by atoms with Crippen molar-refractivity contribution < 1.29 is 9.59 Å². The molecule has 0 bridgehead atoms. The van der Waals surface area contributed by atoms with Gasteiger partial charge in [-0.25, -0.2) is 0 Å². The molecule has 2 aromatic rings. The van der Waals surface area contributed by atoms with Crippen molar-refractivity contribution in [2.45, 2.75) is 45.7 Å². The molecule has 1 saturated heterocycles. The molecule has 0 saturated carbocycles. The maximum absolute atomic E-state index is 13.0. The fourth-order valence-electron chi connectivity index (χ4n) is 3.41. The molecule has 2 amide bonds. The van der Waals surface area contributed by atoms with Crippen molar-refractivity contribution in [1.29, 1.82) is 0 Å². The molecule has 1 fully saturated rings. The second kappa shape index (κ2) is 10.6. The molecule has 1 heterocycles. The van der Waals surface area contributed by atoms with Gasteiger partial charge in [0.2, 0.25) is 5.91 Å². The molecule has 3 rings (SSSR count). The Hall–Kier alpha value is -2.15. The highest BCUT2D eigenvalue weighted by Gasteiger charge is 2.32.